The highest BCUT2D eigenvalue weighted by molar-refractivity contribution is 6.04. The smallest absolute Gasteiger partial charge is 0.341 e. The second-order valence-electron chi connectivity index (χ2n) is 6.11. The third-order valence-electron chi connectivity index (χ3n) is 4.45. The van der Waals surface area contributed by atoms with E-state index in [0.29, 0.717) is 18.2 Å². The number of carbonyl (C=O) groups is 1. The van der Waals surface area contributed by atoms with E-state index in [0.717, 1.165) is 35.5 Å². The predicted octanol–water partition coefficient (Wildman–Crippen LogP) is 3.73. The number of carbonyl (C=O) groups excluding carboxylic acids is 1. The highest BCUT2D eigenvalue weighted by atomic mass is 16.5. The molecule has 0 bridgehead atoms. The van der Waals surface area contributed by atoms with Gasteiger partial charge in [0, 0.05) is 23.8 Å². The number of anilines is 1. The zero-order valence-electron chi connectivity index (χ0n) is 13.2. The van der Waals surface area contributed by atoms with Crippen LogP contribution in [-0.2, 0) is 4.74 Å². The lowest BCUT2D eigenvalue weighted by Crippen LogP contribution is -2.26. The number of aromatic nitrogens is 2. The largest absolute Gasteiger partial charge is 0.462 e. The molecule has 2 N–H and O–H groups in total. The van der Waals surface area contributed by atoms with E-state index in [1.54, 1.807) is 6.20 Å². The molecule has 0 radical (unpaired) electrons. The van der Waals surface area contributed by atoms with Crippen LogP contribution in [-0.4, -0.2) is 28.6 Å². The molecule has 1 aliphatic carbocycles. The summed E-state index contributed by atoms with van der Waals surface area (Å²) in [5, 5.41) is 4.53. The monoisotopic (exact) mass is 301 g/mol. The molecule has 0 amide bonds. The highest BCUT2D eigenvalue weighted by Gasteiger charge is 2.22. The molecular weight excluding hydrogens is 278 g/mol. The Balaban J connectivity index is 1.92. The van der Waals surface area contributed by atoms with E-state index in [1.165, 1.54) is 12.8 Å². The van der Waals surface area contributed by atoms with Crippen LogP contribution in [0.4, 0.5) is 5.69 Å². The summed E-state index contributed by atoms with van der Waals surface area (Å²) in [6, 6.07) is 2.36. The molecule has 2 aromatic rings. The van der Waals surface area contributed by atoms with Crippen molar-refractivity contribution >= 4 is 22.7 Å². The Kier molecular flexibility index (Phi) is 4.32. The van der Waals surface area contributed by atoms with Crippen LogP contribution in [0.5, 0.6) is 0 Å². The third-order valence-corrected chi connectivity index (χ3v) is 4.45. The number of pyridine rings is 1. The van der Waals surface area contributed by atoms with E-state index in [-0.39, 0.29) is 5.97 Å². The van der Waals surface area contributed by atoms with Gasteiger partial charge in [0.2, 0.25) is 0 Å². The number of esters is 1. The van der Waals surface area contributed by atoms with Gasteiger partial charge in [-0.15, -0.1) is 0 Å². The molecule has 0 aliphatic heterocycles. The van der Waals surface area contributed by atoms with Crippen LogP contribution in [0.2, 0.25) is 0 Å². The van der Waals surface area contributed by atoms with Gasteiger partial charge in [-0.2, -0.15) is 0 Å². The Morgan fingerprint density at radius 3 is 2.91 bits per heavy atom. The molecule has 0 saturated heterocycles. The number of ether oxygens (including phenoxy) is 1. The summed E-state index contributed by atoms with van der Waals surface area (Å²) in [7, 11) is 0. The molecule has 0 atom stereocenters. The van der Waals surface area contributed by atoms with Crippen molar-refractivity contribution in [3.05, 3.63) is 24.0 Å². The Hall–Kier alpha value is -2.04. The van der Waals surface area contributed by atoms with Crippen molar-refractivity contribution in [2.75, 3.05) is 11.9 Å². The van der Waals surface area contributed by atoms with Crippen LogP contribution in [0.25, 0.3) is 11.0 Å². The zero-order valence-corrected chi connectivity index (χ0v) is 13.2. The first-order valence-electron chi connectivity index (χ1n) is 8.08. The minimum atomic E-state index is -0.315. The lowest BCUT2D eigenvalue weighted by molar-refractivity contribution is 0.0527. The molecule has 22 heavy (non-hydrogen) atoms. The average Bonchev–Trinajstić information content (AvgIpc) is 2.99. The number of fused-ring (bicyclic) bond motifs is 1. The van der Waals surface area contributed by atoms with Crippen molar-refractivity contribution in [2.24, 2.45) is 5.92 Å². The maximum Gasteiger partial charge on any atom is 0.341 e. The van der Waals surface area contributed by atoms with Gasteiger partial charge in [0.1, 0.15) is 11.2 Å². The molecule has 2 heterocycles. The van der Waals surface area contributed by atoms with E-state index < -0.39 is 0 Å². The zero-order chi connectivity index (χ0) is 15.5. The minimum absolute atomic E-state index is 0.315. The van der Waals surface area contributed by atoms with Crippen molar-refractivity contribution in [1.29, 1.82) is 0 Å². The molecular formula is C17H23N3O2. The second-order valence-corrected chi connectivity index (χ2v) is 6.11. The second kappa shape index (κ2) is 6.38. The molecule has 1 aliphatic rings. The summed E-state index contributed by atoms with van der Waals surface area (Å²) in [5.41, 5.74) is 2.16. The summed E-state index contributed by atoms with van der Waals surface area (Å²) >= 11 is 0. The molecule has 0 unspecified atom stereocenters. The van der Waals surface area contributed by atoms with E-state index >= 15 is 0 Å². The van der Waals surface area contributed by atoms with Crippen LogP contribution in [0.15, 0.2) is 18.5 Å². The molecule has 3 rings (SSSR count). The fraction of sp³-hybridized carbons (Fsp3) is 0.529. The molecule has 0 aromatic carbocycles. The summed E-state index contributed by atoms with van der Waals surface area (Å²) in [6.07, 6.45) is 8.18. The molecule has 2 aromatic heterocycles. The molecule has 5 heteroatoms. The summed E-state index contributed by atoms with van der Waals surface area (Å²) in [4.78, 5) is 19.6. The maximum atomic E-state index is 12.2. The third kappa shape index (κ3) is 2.93. The molecule has 1 saturated carbocycles. The van der Waals surface area contributed by atoms with E-state index in [4.69, 9.17) is 4.74 Å². The standard InChI is InChI=1S/C17H23N3O2/c1-3-22-17(21)14-10-19-16-13(8-9-18-16)15(14)20-12-6-4-11(2)5-7-12/h8-12H,3-7H2,1-2H3,(H2,18,19,20). The number of H-pyrrole nitrogens is 1. The fourth-order valence-corrected chi connectivity index (χ4v) is 3.14. The van der Waals surface area contributed by atoms with E-state index in [9.17, 15) is 4.79 Å². The lowest BCUT2D eigenvalue weighted by atomic mass is 9.87. The molecule has 5 nitrogen and oxygen atoms in total. The van der Waals surface area contributed by atoms with E-state index in [1.807, 2.05) is 19.2 Å². The Labute approximate surface area is 130 Å². The first kappa shape index (κ1) is 14.9. The SMILES string of the molecule is CCOC(=O)c1cnc2[nH]ccc2c1NC1CCC(C)CC1. The Morgan fingerprint density at radius 2 is 2.18 bits per heavy atom. The summed E-state index contributed by atoms with van der Waals surface area (Å²) < 4.78 is 5.17. The van der Waals surface area contributed by atoms with Gasteiger partial charge in [-0.25, -0.2) is 9.78 Å². The van der Waals surface area contributed by atoms with Gasteiger partial charge in [-0.1, -0.05) is 6.92 Å². The lowest BCUT2D eigenvalue weighted by Gasteiger charge is -2.28. The van der Waals surface area contributed by atoms with Crippen LogP contribution >= 0.6 is 0 Å². The predicted molar refractivity (Wildman–Crippen MR) is 87.1 cm³/mol. The van der Waals surface area contributed by atoms with Gasteiger partial charge >= 0.3 is 5.97 Å². The first-order chi connectivity index (χ1) is 10.7. The number of rotatable bonds is 4. The van der Waals surface area contributed by atoms with Gasteiger partial charge in [0.05, 0.1) is 12.3 Å². The van der Waals surface area contributed by atoms with Gasteiger partial charge in [-0.05, 0) is 44.6 Å². The van der Waals surface area contributed by atoms with E-state index in [2.05, 4.69) is 22.2 Å². The van der Waals surface area contributed by atoms with Crippen molar-refractivity contribution in [3.63, 3.8) is 0 Å². The number of hydrogen-bond acceptors (Lipinski definition) is 4. The summed E-state index contributed by atoms with van der Waals surface area (Å²) in [5.74, 6) is 0.483. The fourth-order valence-electron chi connectivity index (χ4n) is 3.14. The van der Waals surface area contributed by atoms with Crippen LogP contribution in [0.1, 0.15) is 49.9 Å². The van der Waals surface area contributed by atoms with Gasteiger partial charge in [0.15, 0.2) is 0 Å². The van der Waals surface area contributed by atoms with Crippen molar-refractivity contribution in [1.82, 2.24) is 9.97 Å². The van der Waals surface area contributed by atoms with Gasteiger partial charge in [-0.3, -0.25) is 0 Å². The van der Waals surface area contributed by atoms with Crippen LogP contribution < -0.4 is 5.32 Å². The maximum absolute atomic E-state index is 12.2. The minimum Gasteiger partial charge on any atom is -0.462 e. The molecule has 118 valence electrons. The molecule has 0 spiro atoms. The van der Waals surface area contributed by atoms with Crippen LogP contribution in [0, 0.1) is 5.92 Å². The quantitative estimate of drug-likeness (QED) is 0.844. The van der Waals surface area contributed by atoms with Crippen molar-refractivity contribution in [2.45, 2.75) is 45.6 Å². The molecule has 1 fully saturated rings. The topological polar surface area (TPSA) is 67.0 Å². The average molecular weight is 301 g/mol. The Bertz CT molecular complexity index is 657. The van der Waals surface area contributed by atoms with Gasteiger partial charge < -0.3 is 15.0 Å². The van der Waals surface area contributed by atoms with Crippen molar-refractivity contribution in [3.8, 4) is 0 Å². The summed E-state index contributed by atoms with van der Waals surface area (Å²) in [6.45, 7) is 4.48. The van der Waals surface area contributed by atoms with Crippen molar-refractivity contribution < 1.29 is 9.53 Å². The normalized spacial score (nSPS) is 21.7. The Morgan fingerprint density at radius 1 is 1.41 bits per heavy atom. The first-order valence-corrected chi connectivity index (χ1v) is 8.08. The highest BCUT2D eigenvalue weighted by Crippen LogP contribution is 2.31. The number of aromatic amines is 1. The number of nitrogens with zero attached hydrogens (tertiary/aromatic N) is 1. The van der Waals surface area contributed by atoms with Gasteiger partial charge in [0.25, 0.3) is 0 Å². The number of nitrogens with one attached hydrogen (secondary N) is 2. The van der Waals surface area contributed by atoms with Crippen LogP contribution in [0.3, 0.4) is 0 Å². The number of hydrogen-bond donors (Lipinski definition) is 2.